The summed E-state index contributed by atoms with van der Waals surface area (Å²) in [6.07, 6.45) is 3.04. The van der Waals surface area contributed by atoms with Gasteiger partial charge in [-0.15, -0.1) is 9.89 Å². The van der Waals surface area contributed by atoms with Crippen molar-refractivity contribution in [2.45, 2.75) is 25.5 Å². The van der Waals surface area contributed by atoms with Crippen molar-refractivity contribution < 1.29 is 9.59 Å². The number of thiol groups is 1. The Morgan fingerprint density at radius 1 is 1.60 bits per heavy atom. The molecular formula is C8H12N4O2S. The van der Waals surface area contributed by atoms with E-state index in [1.54, 1.807) is 13.8 Å². The van der Waals surface area contributed by atoms with Crippen LogP contribution >= 0.6 is 12.6 Å². The molecule has 7 heteroatoms. The maximum absolute atomic E-state index is 11.7. The van der Waals surface area contributed by atoms with Crippen molar-refractivity contribution >= 4 is 24.4 Å². The first-order chi connectivity index (χ1) is 7.07. The van der Waals surface area contributed by atoms with E-state index in [1.165, 1.54) is 12.4 Å². The highest BCUT2D eigenvalue weighted by Crippen LogP contribution is 2.02. The Kier molecular flexibility index (Phi) is 3.84. The van der Waals surface area contributed by atoms with Gasteiger partial charge in [0.25, 0.3) is 5.91 Å². The second kappa shape index (κ2) is 4.92. The van der Waals surface area contributed by atoms with E-state index in [2.05, 4.69) is 22.9 Å². The number of aromatic nitrogens is 3. The monoisotopic (exact) mass is 228 g/mol. The highest BCUT2D eigenvalue weighted by atomic mass is 32.1. The van der Waals surface area contributed by atoms with Gasteiger partial charge in [0.2, 0.25) is 5.91 Å². The molecule has 0 aliphatic rings. The number of hydrogen-bond acceptors (Lipinski definition) is 5. The van der Waals surface area contributed by atoms with Crippen molar-refractivity contribution in [3.05, 3.63) is 12.4 Å². The quantitative estimate of drug-likeness (QED) is 0.739. The van der Waals surface area contributed by atoms with Gasteiger partial charge >= 0.3 is 0 Å². The van der Waals surface area contributed by atoms with Crippen LogP contribution in [0.5, 0.6) is 0 Å². The average Bonchev–Trinajstić information content (AvgIpc) is 2.70. The lowest BCUT2D eigenvalue weighted by Crippen LogP contribution is -2.48. The molecule has 0 saturated heterocycles. The van der Waals surface area contributed by atoms with E-state index in [-0.39, 0.29) is 12.3 Å². The Bertz CT molecular complexity index is 350. The fourth-order valence-electron chi connectivity index (χ4n) is 0.974. The number of rotatable bonds is 3. The molecule has 0 saturated carbocycles. The first-order valence-electron chi connectivity index (χ1n) is 4.49. The van der Waals surface area contributed by atoms with Crippen LogP contribution in [0.4, 0.5) is 0 Å². The van der Waals surface area contributed by atoms with Crippen molar-refractivity contribution in [2.75, 3.05) is 5.01 Å². The lowest BCUT2D eigenvalue weighted by Gasteiger charge is -2.20. The summed E-state index contributed by atoms with van der Waals surface area (Å²) in [5, 5.41) is 7.52. The van der Waals surface area contributed by atoms with Crippen LogP contribution in [0.25, 0.3) is 0 Å². The zero-order valence-corrected chi connectivity index (χ0v) is 9.39. The molecule has 0 radical (unpaired) electrons. The maximum Gasteiger partial charge on any atom is 0.262 e. The molecule has 1 unspecified atom stereocenters. The van der Waals surface area contributed by atoms with E-state index in [0.717, 1.165) is 9.80 Å². The number of amides is 2. The summed E-state index contributed by atoms with van der Waals surface area (Å²) in [5.41, 5.74) is 0. The predicted molar refractivity (Wildman–Crippen MR) is 57.0 cm³/mol. The third kappa shape index (κ3) is 2.56. The largest absolute Gasteiger partial charge is 0.272 e. The maximum atomic E-state index is 11.7. The minimum atomic E-state index is -0.565. The van der Waals surface area contributed by atoms with E-state index in [4.69, 9.17) is 0 Å². The van der Waals surface area contributed by atoms with E-state index < -0.39 is 11.2 Å². The molecule has 15 heavy (non-hydrogen) atoms. The van der Waals surface area contributed by atoms with Gasteiger partial charge in [-0.05, 0) is 12.1 Å². The standard InChI is InChI=1S/C8H12N4O2S/c1-3-7(13)12(8(14)6(2)15)11-5-4-9-10-11/h4-6,15H,3H2,1-2H3. The SMILES string of the molecule is CCC(=O)N(C(=O)C(C)S)n1ccnn1. The third-order valence-electron chi connectivity index (χ3n) is 1.72. The van der Waals surface area contributed by atoms with Crippen molar-refractivity contribution in [1.82, 2.24) is 15.1 Å². The van der Waals surface area contributed by atoms with E-state index >= 15 is 0 Å². The smallest absolute Gasteiger partial charge is 0.262 e. The summed E-state index contributed by atoms with van der Waals surface area (Å²) < 4.78 is 0. The van der Waals surface area contributed by atoms with Crippen LogP contribution in [0, 0.1) is 0 Å². The molecule has 0 aromatic carbocycles. The second-order valence-electron chi connectivity index (χ2n) is 2.90. The van der Waals surface area contributed by atoms with Gasteiger partial charge in [0.1, 0.15) is 0 Å². The molecule has 0 N–H and O–H groups in total. The summed E-state index contributed by atoms with van der Waals surface area (Å²) in [6.45, 7) is 3.26. The van der Waals surface area contributed by atoms with Gasteiger partial charge in [-0.1, -0.05) is 6.92 Å². The van der Waals surface area contributed by atoms with Crippen LogP contribution in [0.3, 0.4) is 0 Å². The molecule has 0 aliphatic heterocycles. The minimum absolute atomic E-state index is 0.214. The Labute approximate surface area is 92.6 Å². The Morgan fingerprint density at radius 2 is 2.27 bits per heavy atom. The lowest BCUT2D eigenvalue weighted by atomic mass is 10.4. The summed E-state index contributed by atoms with van der Waals surface area (Å²) in [6, 6.07) is 0. The van der Waals surface area contributed by atoms with Crippen molar-refractivity contribution in [1.29, 1.82) is 0 Å². The van der Waals surface area contributed by atoms with Crippen LogP contribution in [-0.2, 0) is 9.59 Å². The van der Waals surface area contributed by atoms with Gasteiger partial charge in [0, 0.05) is 6.42 Å². The molecule has 2 amide bonds. The third-order valence-corrected chi connectivity index (χ3v) is 1.94. The molecule has 1 aromatic rings. The predicted octanol–water partition coefficient (Wildman–Crippen LogP) is -0.00240. The summed E-state index contributed by atoms with van der Waals surface area (Å²) in [4.78, 5) is 24.3. The molecule has 1 aromatic heterocycles. The van der Waals surface area contributed by atoms with Crippen LogP contribution < -0.4 is 5.01 Å². The molecule has 1 rings (SSSR count). The van der Waals surface area contributed by atoms with Gasteiger partial charge in [0.05, 0.1) is 17.6 Å². The highest BCUT2D eigenvalue weighted by Gasteiger charge is 2.25. The molecule has 0 bridgehead atoms. The van der Waals surface area contributed by atoms with Gasteiger partial charge < -0.3 is 0 Å². The minimum Gasteiger partial charge on any atom is -0.272 e. The first kappa shape index (κ1) is 11.7. The summed E-state index contributed by atoms with van der Waals surface area (Å²) in [5.74, 6) is -0.762. The fourth-order valence-corrected chi connectivity index (χ4v) is 1.08. The normalized spacial score (nSPS) is 12.2. The van der Waals surface area contributed by atoms with Crippen LogP contribution in [0.1, 0.15) is 20.3 Å². The molecule has 1 atom stereocenters. The Morgan fingerprint density at radius 3 is 2.67 bits per heavy atom. The van der Waals surface area contributed by atoms with Gasteiger partial charge in [-0.2, -0.15) is 17.6 Å². The van der Waals surface area contributed by atoms with Gasteiger partial charge in [-0.3, -0.25) is 9.59 Å². The molecule has 82 valence electrons. The topological polar surface area (TPSA) is 68.1 Å². The van der Waals surface area contributed by atoms with Crippen LogP contribution in [0.15, 0.2) is 12.4 Å². The van der Waals surface area contributed by atoms with Crippen molar-refractivity contribution in [3.8, 4) is 0 Å². The summed E-state index contributed by atoms with van der Waals surface area (Å²) >= 11 is 3.99. The Hall–Kier alpha value is -1.37. The highest BCUT2D eigenvalue weighted by molar-refractivity contribution is 7.81. The van der Waals surface area contributed by atoms with E-state index in [1.807, 2.05) is 0 Å². The lowest BCUT2D eigenvalue weighted by molar-refractivity contribution is -0.128. The summed E-state index contributed by atoms with van der Waals surface area (Å²) in [7, 11) is 0. The second-order valence-corrected chi connectivity index (χ2v) is 3.67. The molecule has 0 spiro atoms. The van der Waals surface area contributed by atoms with E-state index in [0.29, 0.717) is 0 Å². The number of nitrogens with zero attached hydrogens (tertiary/aromatic N) is 4. The van der Waals surface area contributed by atoms with Crippen LogP contribution in [-0.4, -0.2) is 32.2 Å². The first-order valence-corrected chi connectivity index (χ1v) is 5.01. The van der Waals surface area contributed by atoms with Crippen molar-refractivity contribution in [3.63, 3.8) is 0 Å². The number of carbonyl (C=O) groups is 2. The molecule has 6 nitrogen and oxygen atoms in total. The zero-order valence-electron chi connectivity index (χ0n) is 8.49. The fraction of sp³-hybridized carbons (Fsp3) is 0.500. The molecule has 0 fully saturated rings. The number of hydrogen-bond donors (Lipinski definition) is 1. The number of carbonyl (C=O) groups excluding carboxylic acids is 2. The van der Waals surface area contributed by atoms with E-state index in [9.17, 15) is 9.59 Å². The van der Waals surface area contributed by atoms with Crippen LogP contribution in [0.2, 0.25) is 0 Å². The molecular weight excluding hydrogens is 216 g/mol. The molecule has 0 aliphatic carbocycles. The number of imide groups is 1. The van der Waals surface area contributed by atoms with Crippen molar-refractivity contribution in [2.24, 2.45) is 0 Å². The Balaban J connectivity index is 2.99. The van der Waals surface area contributed by atoms with Gasteiger partial charge in [0.15, 0.2) is 0 Å². The zero-order chi connectivity index (χ0) is 11.4. The average molecular weight is 228 g/mol. The molecule has 1 heterocycles. The van der Waals surface area contributed by atoms with Gasteiger partial charge in [-0.25, -0.2) is 0 Å².